The summed E-state index contributed by atoms with van der Waals surface area (Å²) >= 11 is 6.58. The summed E-state index contributed by atoms with van der Waals surface area (Å²) in [7, 11) is 0. The predicted octanol–water partition coefficient (Wildman–Crippen LogP) is 5.53. The number of rotatable bonds is 5. The Bertz CT molecular complexity index is 980. The average molecular weight is 428 g/mol. The number of aromatic nitrogens is 2. The van der Waals surface area contributed by atoms with Crippen LogP contribution in [0.3, 0.4) is 0 Å². The lowest BCUT2D eigenvalue weighted by molar-refractivity contribution is -0.137. The third kappa shape index (κ3) is 4.85. The molecule has 5 nitrogen and oxygen atoms in total. The summed E-state index contributed by atoms with van der Waals surface area (Å²) in [5, 5.41) is 9.32. The topological polar surface area (TPSA) is 68.0 Å². The molecule has 3 aromatic rings. The van der Waals surface area contributed by atoms with E-state index in [2.05, 4.69) is 15.5 Å². The fourth-order valence-electron chi connectivity index (χ4n) is 2.25. The molecule has 1 atom stereocenters. The van der Waals surface area contributed by atoms with Crippen LogP contribution in [0.25, 0.3) is 11.5 Å². The van der Waals surface area contributed by atoms with Gasteiger partial charge in [-0.1, -0.05) is 41.6 Å². The lowest BCUT2D eigenvalue weighted by atomic mass is 10.1. The molecule has 3 rings (SSSR count). The van der Waals surface area contributed by atoms with Gasteiger partial charge in [-0.05, 0) is 37.3 Å². The van der Waals surface area contributed by atoms with Crippen molar-refractivity contribution >= 4 is 35.0 Å². The highest BCUT2D eigenvalue weighted by Crippen LogP contribution is 2.37. The lowest BCUT2D eigenvalue weighted by Gasteiger charge is -2.15. The number of carbonyl (C=O) groups excluding carboxylic acids is 1. The van der Waals surface area contributed by atoms with Crippen molar-refractivity contribution in [1.29, 1.82) is 0 Å². The summed E-state index contributed by atoms with van der Waals surface area (Å²) < 4.78 is 44.9. The van der Waals surface area contributed by atoms with E-state index in [9.17, 15) is 18.0 Å². The van der Waals surface area contributed by atoms with Crippen molar-refractivity contribution in [2.75, 3.05) is 5.32 Å². The molecule has 0 saturated carbocycles. The maximum absolute atomic E-state index is 13.1. The van der Waals surface area contributed by atoms with Gasteiger partial charge < -0.3 is 9.73 Å². The first-order chi connectivity index (χ1) is 13.2. The molecule has 146 valence electrons. The van der Waals surface area contributed by atoms with Crippen molar-refractivity contribution in [2.24, 2.45) is 0 Å². The molecule has 0 aliphatic rings. The summed E-state index contributed by atoms with van der Waals surface area (Å²) in [6.07, 6.45) is -4.65. The van der Waals surface area contributed by atoms with Gasteiger partial charge in [-0.3, -0.25) is 4.79 Å². The minimum atomic E-state index is -4.65. The maximum Gasteiger partial charge on any atom is 0.418 e. The van der Waals surface area contributed by atoms with Gasteiger partial charge in [0.1, 0.15) is 0 Å². The van der Waals surface area contributed by atoms with Crippen molar-refractivity contribution in [3.05, 3.63) is 59.1 Å². The summed E-state index contributed by atoms with van der Waals surface area (Å²) in [6, 6.07) is 12.2. The highest BCUT2D eigenvalue weighted by atomic mass is 35.5. The third-order valence-electron chi connectivity index (χ3n) is 3.62. The molecule has 0 saturated heterocycles. The molecule has 28 heavy (non-hydrogen) atoms. The SMILES string of the molecule is CC(Sc1nnc(-c2ccccc2)o1)C(=O)Nc1ccc(Cl)cc1C(F)(F)F. The molecule has 0 fully saturated rings. The van der Waals surface area contributed by atoms with Gasteiger partial charge >= 0.3 is 6.18 Å². The molecular formula is C18H13ClF3N3O2S. The van der Waals surface area contributed by atoms with Gasteiger partial charge in [0.25, 0.3) is 5.22 Å². The van der Waals surface area contributed by atoms with Gasteiger partial charge in [-0.25, -0.2) is 0 Å². The van der Waals surface area contributed by atoms with Crippen LogP contribution in [0.5, 0.6) is 0 Å². The van der Waals surface area contributed by atoms with Crippen LogP contribution in [-0.2, 0) is 11.0 Å². The zero-order valence-corrected chi connectivity index (χ0v) is 15.9. The zero-order chi connectivity index (χ0) is 20.3. The fourth-order valence-corrected chi connectivity index (χ4v) is 3.11. The molecule has 0 aliphatic heterocycles. The molecule has 0 spiro atoms. The van der Waals surface area contributed by atoms with Crippen LogP contribution in [0.4, 0.5) is 18.9 Å². The minimum absolute atomic E-state index is 0.0768. The van der Waals surface area contributed by atoms with Crippen LogP contribution >= 0.6 is 23.4 Å². The Morgan fingerprint density at radius 1 is 1.18 bits per heavy atom. The second-order valence-corrected chi connectivity index (χ2v) is 7.40. The Balaban J connectivity index is 1.70. The van der Waals surface area contributed by atoms with Gasteiger partial charge in [0.05, 0.1) is 16.5 Å². The lowest BCUT2D eigenvalue weighted by Crippen LogP contribution is -2.24. The van der Waals surface area contributed by atoms with Gasteiger partial charge in [0.2, 0.25) is 11.8 Å². The van der Waals surface area contributed by atoms with Crippen LogP contribution in [0.2, 0.25) is 5.02 Å². The zero-order valence-electron chi connectivity index (χ0n) is 14.3. The van der Waals surface area contributed by atoms with Gasteiger partial charge in [0, 0.05) is 10.6 Å². The highest BCUT2D eigenvalue weighted by Gasteiger charge is 2.34. The maximum atomic E-state index is 13.1. The van der Waals surface area contributed by atoms with Crippen molar-refractivity contribution in [3.63, 3.8) is 0 Å². The van der Waals surface area contributed by atoms with E-state index in [-0.39, 0.29) is 21.8 Å². The van der Waals surface area contributed by atoms with Gasteiger partial charge in [-0.15, -0.1) is 10.2 Å². The summed E-state index contributed by atoms with van der Waals surface area (Å²) in [5.41, 5.74) is -0.672. The van der Waals surface area contributed by atoms with Crippen molar-refractivity contribution < 1.29 is 22.4 Å². The van der Waals surface area contributed by atoms with E-state index in [1.54, 1.807) is 12.1 Å². The largest absolute Gasteiger partial charge is 0.418 e. The summed E-state index contributed by atoms with van der Waals surface area (Å²) in [4.78, 5) is 12.3. The van der Waals surface area contributed by atoms with Gasteiger partial charge in [-0.2, -0.15) is 13.2 Å². The third-order valence-corrected chi connectivity index (χ3v) is 4.79. The second kappa shape index (κ2) is 8.24. The quantitative estimate of drug-likeness (QED) is 0.542. The summed E-state index contributed by atoms with van der Waals surface area (Å²) in [5.74, 6) is -0.356. The molecule has 1 amide bonds. The van der Waals surface area contributed by atoms with E-state index in [1.165, 1.54) is 13.0 Å². The minimum Gasteiger partial charge on any atom is -0.411 e. The van der Waals surface area contributed by atoms with Crippen molar-refractivity contribution in [2.45, 2.75) is 23.6 Å². The van der Waals surface area contributed by atoms with Crippen LogP contribution in [-0.4, -0.2) is 21.4 Å². The number of alkyl halides is 3. The smallest absolute Gasteiger partial charge is 0.411 e. The number of halogens is 4. The van der Waals surface area contributed by atoms with E-state index in [0.717, 1.165) is 29.5 Å². The van der Waals surface area contributed by atoms with Crippen LogP contribution in [0.15, 0.2) is 58.2 Å². The van der Waals surface area contributed by atoms with Crippen LogP contribution in [0.1, 0.15) is 12.5 Å². The normalized spacial score (nSPS) is 12.6. The molecule has 10 heteroatoms. The Labute approximate surface area is 167 Å². The molecule has 0 radical (unpaired) electrons. The standard InChI is InChI=1S/C18H13ClF3N3O2S/c1-10(28-17-25-24-16(27-17)11-5-3-2-4-6-11)15(26)23-14-8-7-12(19)9-13(14)18(20,21)22/h2-10H,1H3,(H,23,26). The van der Waals surface area contributed by atoms with E-state index in [4.69, 9.17) is 16.0 Å². The number of amides is 1. The first-order valence-electron chi connectivity index (χ1n) is 7.97. The second-order valence-electron chi connectivity index (χ2n) is 5.68. The molecular weight excluding hydrogens is 415 g/mol. The number of nitrogens with zero attached hydrogens (tertiary/aromatic N) is 2. The van der Waals surface area contributed by atoms with E-state index in [0.29, 0.717) is 0 Å². The molecule has 0 aliphatic carbocycles. The predicted molar refractivity (Wildman–Crippen MR) is 100 cm³/mol. The van der Waals surface area contributed by atoms with Crippen LogP contribution in [0, 0.1) is 0 Å². The molecule has 1 aromatic heterocycles. The monoisotopic (exact) mass is 427 g/mol. The first-order valence-corrected chi connectivity index (χ1v) is 9.23. The van der Waals surface area contributed by atoms with Crippen molar-refractivity contribution in [3.8, 4) is 11.5 Å². The number of hydrogen-bond donors (Lipinski definition) is 1. The van der Waals surface area contributed by atoms with Gasteiger partial charge in [0.15, 0.2) is 0 Å². The van der Waals surface area contributed by atoms with E-state index < -0.39 is 22.9 Å². The first kappa shape index (κ1) is 20.2. The Kier molecular flexibility index (Phi) is 5.95. The average Bonchev–Trinajstić information content (AvgIpc) is 3.11. The molecule has 1 heterocycles. The van der Waals surface area contributed by atoms with E-state index in [1.807, 2.05) is 18.2 Å². The highest BCUT2D eigenvalue weighted by molar-refractivity contribution is 8.00. The van der Waals surface area contributed by atoms with Crippen LogP contribution < -0.4 is 5.32 Å². The number of hydrogen-bond acceptors (Lipinski definition) is 5. The number of thioether (sulfide) groups is 1. The number of benzene rings is 2. The Hall–Kier alpha value is -2.52. The molecule has 2 aromatic carbocycles. The number of anilines is 1. The molecule has 1 unspecified atom stereocenters. The molecule has 0 bridgehead atoms. The molecule has 1 N–H and O–H groups in total. The van der Waals surface area contributed by atoms with Crippen molar-refractivity contribution in [1.82, 2.24) is 10.2 Å². The number of nitrogens with one attached hydrogen (secondary N) is 1. The van der Waals surface area contributed by atoms with E-state index >= 15 is 0 Å². The Morgan fingerprint density at radius 2 is 1.89 bits per heavy atom. The fraction of sp³-hybridized carbons (Fsp3) is 0.167. The number of carbonyl (C=O) groups is 1. The Morgan fingerprint density at radius 3 is 2.57 bits per heavy atom. The summed E-state index contributed by atoms with van der Waals surface area (Å²) in [6.45, 7) is 1.52.